The van der Waals surface area contributed by atoms with Gasteiger partial charge in [0.05, 0.1) is 7.11 Å². The van der Waals surface area contributed by atoms with Gasteiger partial charge >= 0.3 is 11.9 Å². The second-order valence-electron chi connectivity index (χ2n) is 18.3. The zero-order valence-corrected chi connectivity index (χ0v) is 40.6. The van der Waals surface area contributed by atoms with E-state index < -0.39 is 11.6 Å². The highest BCUT2D eigenvalue weighted by Gasteiger charge is 2.33. The van der Waals surface area contributed by atoms with Gasteiger partial charge in [0.25, 0.3) is 0 Å². The molecule has 0 amide bonds. The lowest BCUT2D eigenvalue weighted by Gasteiger charge is -2.34. The SMILES string of the molecule is CCC(CC)(c1ccc(C)c(C)c1)c1ccc(-c2ccc(C(=O)OC)o2)c(C)c1.CCC(CC)(c1ccc(OC[C@H]2CCC(=O)O2)c(C)c1)c1ccc(-c2ccc(C(C)(C)O)o2)c(C)c1. The zero-order chi connectivity index (χ0) is 47.3. The number of ether oxygens (including phenoxy) is 3. The number of benzene rings is 4. The Morgan fingerprint density at radius 3 is 1.57 bits per heavy atom. The van der Waals surface area contributed by atoms with Crippen molar-refractivity contribution < 1.29 is 37.7 Å². The molecule has 6 aromatic rings. The summed E-state index contributed by atoms with van der Waals surface area (Å²) in [5, 5.41) is 10.3. The van der Waals surface area contributed by atoms with Gasteiger partial charge in [0.15, 0.2) is 0 Å². The molecule has 7 rings (SSSR count). The van der Waals surface area contributed by atoms with Crippen molar-refractivity contribution in [2.75, 3.05) is 13.7 Å². The van der Waals surface area contributed by atoms with Crippen LogP contribution in [-0.2, 0) is 30.7 Å². The highest BCUT2D eigenvalue weighted by atomic mass is 16.6. The van der Waals surface area contributed by atoms with E-state index in [4.69, 9.17) is 23.0 Å². The predicted octanol–water partition coefficient (Wildman–Crippen LogP) is 13.7. The number of aryl methyl sites for hydroxylation is 5. The molecule has 1 atom stereocenters. The van der Waals surface area contributed by atoms with Crippen LogP contribution >= 0.6 is 0 Å². The first-order valence-corrected chi connectivity index (χ1v) is 23.2. The molecule has 0 spiro atoms. The summed E-state index contributed by atoms with van der Waals surface area (Å²) in [6.07, 6.45) is 5.01. The highest BCUT2D eigenvalue weighted by molar-refractivity contribution is 5.87. The van der Waals surface area contributed by atoms with E-state index in [2.05, 4.69) is 129 Å². The van der Waals surface area contributed by atoms with E-state index in [1.807, 2.05) is 24.3 Å². The maximum Gasteiger partial charge on any atom is 0.373 e. The molecule has 8 nitrogen and oxygen atoms in total. The summed E-state index contributed by atoms with van der Waals surface area (Å²) in [7, 11) is 1.35. The fourth-order valence-electron chi connectivity index (χ4n) is 9.48. The average Bonchev–Trinajstić information content (AvgIpc) is 4.08. The van der Waals surface area contributed by atoms with Crippen molar-refractivity contribution in [3.05, 3.63) is 159 Å². The van der Waals surface area contributed by atoms with Gasteiger partial charge in [0.2, 0.25) is 5.76 Å². The Balaban J connectivity index is 0.000000221. The maximum atomic E-state index is 11.7. The molecule has 0 saturated carbocycles. The van der Waals surface area contributed by atoms with E-state index >= 15 is 0 Å². The summed E-state index contributed by atoms with van der Waals surface area (Å²) in [5.41, 5.74) is 12.1. The van der Waals surface area contributed by atoms with Gasteiger partial charge in [0.1, 0.15) is 41.3 Å². The van der Waals surface area contributed by atoms with E-state index in [1.54, 1.807) is 19.9 Å². The van der Waals surface area contributed by atoms with E-state index in [0.717, 1.165) is 71.4 Å². The summed E-state index contributed by atoms with van der Waals surface area (Å²) in [5.74, 6) is 2.45. The van der Waals surface area contributed by atoms with E-state index in [1.165, 1.54) is 40.5 Å². The van der Waals surface area contributed by atoms with Gasteiger partial charge in [-0.1, -0.05) is 94.4 Å². The number of hydrogen-bond acceptors (Lipinski definition) is 8. The molecule has 344 valence electrons. The minimum absolute atomic E-state index is 0.0257. The molecule has 3 heterocycles. The van der Waals surface area contributed by atoms with Crippen molar-refractivity contribution in [3.63, 3.8) is 0 Å². The number of aliphatic hydroxyl groups is 1. The molecule has 2 aromatic heterocycles. The summed E-state index contributed by atoms with van der Waals surface area (Å²) in [4.78, 5) is 23.1. The van der Waals surface area contributed by atoms with Crippen LogP contribution in [0, 0.1) is 34.6 Å². The number of hydrogen-bond donors (Lipinski definition) is 1. The number of methoxy groups -OCH3 is 1. The third-order valence-corrected chi connectivity index (χ3v) is 13.9. The number of cyclic esters (lactones) is 1. The number of carbonyl (C=O) groups excluding carboxylic acids is 2. The predicted molar refractivity (Wildman–Crippen MR) is 259 cm³/mol. The van der Waals surface area contributed by atoms with Crippen molar-refractivity contribution >= 4 is 11.9 Å². The Labute approximate surface area is 386 Å². The molecule has 0 unspecified atom stereocenters. The van der Waals surface area contributed by atoms with Crippen LogP contribution in [0.4, 0.5) is 0 Å². The number of rotatable bonds is 15. The summed E-state index contributed by atoms with van der Waals surface area (Å²) >= 11 is 0. The van der Waals surface area contributed by atoms with Gasteiger partial charge in [-0.3, -0.25) is 4.79 Å². The van der Waals surface area contributed by atoms with Crippen LogP contribution in [0.2, 0.25) is 0 Å². The topological polar surface area (TPSA) is 108 Å². The van der Waals surface area contributed by atoms with Gasteiger partial charge < -0.3 is 28.2 Å². The van der Waals surface area contributed by atoms with Gasteiger partial charge in [-0.05, 0) is 161 Å². The second-order valence-corrected chi connectivity index (χ2v) is 18.3. The van der Waals surface area contributed by atoms with Crippen LogP contribution < -0.4 is 4.74 Å². The average molecular weight is 881 g/mol. The molecule has 1 aliphatic heterocycles. The lowest BCUT2D eigenvalue weighted by molar-refractivity contribution is -0.142. The van der Waals surface area contributed by atoms with E-state index in [0.29, 0.717) is 24.5 Å². The Morgan fingerprint density at radius 2 is 1.12 bits per heavy atom. The number of esters is 2. The summed E-state index contributed by atoms with van der Waals surface area (Å²) in [6, 6.07) is 33.7. The molecular formula is C57H68O8. The molecule has 1 fully saturated rings. The third-order valence-electron chi connectivity index (χ3n) is 13.9. The zero-order valence-electron chi connectivity index (χ0n) is 40.6. The molecule has 4 aromatic carbocycles. The summed E-state index contributed by atoms with van der Waals surface area (Å²) in [6.45, 7) is 23.5. The first-order valence-electron chi connectivity index (χ1n) is 23.2. The minimum Gasteiger partial charge on any atom is -0.489 e. The normalized spacial score (nSPS) is 14.2. The first kappa shape index (κ1) is 48.6. The number of carbonyl (C=O) groups is 2. The lowest BCUT2D eigenvalue weighted by atomic mass is 9.69. The van der Waals surface area contributed by atoms with Crippen molar-refractivity contribution in [1.82, 2.24) is 0 Å². The fraction of sp³-hybridized carbons (Fsp3) is 0.404. The van der Waals surface area contributed by atoms with Crippen molar-refractivity contribution in [2.24, 2.45) is 0 Å². The quantitative estimate of drug-likeness (QED) is 0.102. The second kappa shape index (κ2) is 20.1. The van der Waals surface area contributed by atoms with Gasteiger partial charge in [-0.15, -0.1) is 0 Å². The van der Waals surface area contributed by atoms with Crippen LogP contribution in [-0.4, -0.2) is 36.9 Å². The van der Waals surface area contributed by atoms with Gasteiger partial charge in [-0.25, -0.2) is 4.79 Å². The fourth-order valence-corrected chi connectivity index (χ4v) is 9.48. The van der Waals surface area contributed by atoms with Crippen molar-refractivity contribution in [3.8, 4) is 28.4 Å². The number of furan rings is 2. The van der Waals surface area contributed by atoms with Crippen molar-refractivity contribution in [1.29, 1.82) is 0 Å². The van der Waals surface area contributed by atoms with Crippen LogP contribution in [0.15, 0.2) is 106 Å². The van der Waals surface area contributed by atoms with Crippen LogP contribution in [0.3, 0.4) is 0 Å². The molecule has 1 N–H and O–H groups in total. The molecule has 1 saturated heterocycles. The maximum absolute atomic E-state index is 11.7. The lowest BCUT2D eigenvalue weighted by Crippen LogP contribution is -2.26. The van der Waals surface area contributed by atoms with Crippen LogP contribution in [0.1, 0.15) is 146 Å². The Kier molecular flexibility index (Phi) is 15.0. The smallest absolute Gasteiger partial charge is 0.373 e. The standard InChI is InChI=1S/C31H38O5.C26H30O3/c1-7-31(8-2,23-10-13-26(21(4)18-23)34-19-24-11-16-29(32)35-24)22-9-12-25(20(3)17-22)27-14-15-28(36-27)30(5,6)33;1-7-26(8-2,20-10-9-17(3)18(4)15-20)21-11-12-22(19(5)16-21)23-13-14-24(29-23)25(27)28-6/h9-10,12-15,17-18,24,33H,7-8,11,16,19H2,1-6H3;9-16H,7-8H2,1-6H3/t24-;/m1./s1. The first-order chi connectivity index (χ1) is 30.9. The third kappa shape index (κ3) is 10.2. The Morgan fingerprint density at radius 1 is 0.631 bits per heavy atom. The van der Waals surface area contributed by atoms with Crippen LogP contribution in [0.25, 0.3) is 22.6 Å². The van der Waals surface area contributed by atoms with Gasteiger partial charge in [-0.2, -0.15) is 0 Å². The van der Waals surface area contributed by atoms with Gasteiger partial charge in [0, 0.05) is 28.4 Å². The molecule has 8 heteroatoms. The Bertz CT molecular complexity index is 2610. The van der Waals surface area contributed by atoms with Crippen molar-refractivity contribution in [2.45, 2.75) is 137 Å². The summed E-state index contributed by atoms with van der Waals surface area (Å²) < 4.78 is 27.7. The highest BCUT2D eigenvalue weighted by Crippen LogP contribution is 2.43. The van der Waals surface area contributed by atoms with Crippen LogP contribution in [0.5, 0.6) is 5.75 Å². The minimum atomic E-state index is -1.01. The van der Waals surface area contributed by atoms with E-state index in [9.17, 15) is 14.7 Å². The largest absolute Gasteiger partial charge is 0.489 e. The Hall–Kier alpha value is -5.86. The molecular weight excluding hydrogens is 813 g/mol. The van der Waals surface area contributed by atoms with E-state index in [-0.39, 0.29) is 28.7 Å². The molecule has 0 aliphatic carbocycles. The molecule has 0 bridgehead atoms. The molecule has 1 aliphatic rings. The monoisotopic (exact) mass is 880 g/mol. The molecule has 65 heavy (non-hydrogen) atoms. The molecule has 0 radical (unpaired) electrons.